The van der Waals surface area contributed by atoms with Crippen molar-refractivity contribution in [3.05, 3.63) is 0 Å². The van der Waals surface area contributed by atoms with Gasteiger partial charge >= 0.3 is 5.97 Å². The molecule has 0 aliphatic rings. The minimum Gasteiger partial charge on any atom is -0.480 e. The van der Waals surface area contributed by atoms with E-state index in [9.17, 15) is 43.8 Å². The number of hydrogen-bond donors (Lipinski definition) is 10. The summed E-state index contributed by atoms with van der Waals surface area (Å²) >= 11 is 0. The molecule has 17 nitrogen and oxygen atoms in total. The molecule has 45 heavy (non-hydrogen) atoms. The minimum absolute atomic E-state index is 0.00424. The highest BCUT2D eigenvalue weighted by molar-refractivity contribution is 5.97. The van der Waals surface area contributed by atoms with E-state index in [0.717, 1.165) is 6.92 Å². The number of carboxylic acids is 1. The Morgan fingerprint density at radius 1 is 0.667 bits per heavy atom. The third-order valence-corrected chi connectivity index (χ3v) is 6.66. The van der Waals surface area contributed by atoms with E-state index in [4.69, 9.17) is 17.2 Å². The van der Waals surface area contributed by atoms with Gasteiger partial charge in [0.05, 0.1) is 18.6 Å². The molecule has 0 heterocycles. The second kappa shape index (κ2) is 20.2. The largest absolute Gasteiger partial charge is 0.480 e. The molecule has 13 N–H and O–H groups in total. The fourth-order valence-corrected chi connectivity index (χ4v) is 4.14. The maximum Gasteiger partial charge on any atom is 0.328 e. The average molecular weight is 645 g/mol. The molecular formula is C28H52N8O9. The van der Waals surface area contributed by atoms with Crippen molar-refractivity contribution in [3.8, 4) is 0 Å². The van der Waals surface area contributed by atoms with Crippen LogP contribution in [0.4, 0.5) is 0 Å². The van der Waals surface area contributed by atoms with Crippen molar-refractivity contribution >= 4 is 41.4 Å². The second-order valence-corrected chi connectivity index (χ2v) is 11.9. The van der Waals surface area contributed by atoms with E-state index in [0.29, 0.717) is 19.4 Å². The number of aliphatic hydroxyl groups excluding tert-OH is 1. The van der Waals surface area contributed by atoms with Crippen LogP contribution in [0.2, 0.25) is 0 Å². The van der Waals surface area contributed by atoms with Crippen LogP contribution in [0.1, 0.15) is 73.6 Å². The van der Waals surface area contributed by atoms with Gasteiger partial charge in [0.2, 0.25) is 35.4 Å². The number of carboxylic acid groups (broad SMARTS) is 1. The number of rotatable bonds is 21. The van der Waals surface area contributed by atoms with Gasteiger partial charge in [-0.2, -0.15) is 0 Å². The van der Waals surface area contributed by atoms with Crippen LogP contribution >= 0.6 is 0 Å². The third-order valence-electron chi connectivity index (χ3n) is 6.66. The zero-order chi connectivity index (χ0) is 35.0. The van der Waals surface area contributed by atoms with Crippen LogP contribution in [0.5, 0.6) is 0 Å². The molecule has 17 heteroatoms. The summed E-state index contributed by atoms with van der Waals surface area (Å²) in [6.45, 7) is 9.85. The molecular weight excluding hydrogens is 592 g/mol. The normalized spacial score (nSPS) is 15.9. The molecule has 0 saturated carbocycles. The Morgan fingerprint density at radius 3 is 1.60 bits per heavy atom. The number of nitrogens with one attached hydrogen (secondary N) is 5. The number of primary amides is 1. The molecule has 0 fully saturated rings. The molecule has 0 saturated heterocycles. The maximum atomic E-state index is 13.5. The molecule has 0 aromatic carbocycles. The third kappa shape index (κ3) is 15.6. The van der Waals surface area contributed by atoms with E-state index in [1.54, 1.807) is 13.8 Å². The van der Waals surface area contributed by atoms with Gasteiger partial charge in [-0.05, 0) is 57.9 Å². The lowest BCUT2D eigenvalue weighted by Gasteiger charge is -2.28. The lowest BCUT2D eigenvalue weighted by Crippen LogP contribution is -2.61. The Labute approximate surface area is 263 Å². The molecule has 0 aliphatic heterocycles. The molecule has 0 bridgehead atoms. The Hall–Kier alpha value is -3.83. The van der Waals surface area contributed by atoms with Crippen LogP contribution in [0.25, 0.3) is 0 Å². The van der Waals surface area contributed by atoms with Gasteiger partial charge in [-0.3, -0.25) is 28.8 Å². The smallest absolute Gasteiger partial charge is 0.328 e. The van der Waals surface area contributed by atoms with E-state index in [-0.39, 0.29) is 18.8 Å². The number of hydrogen-bond acceptors (Lipinski definition) is 10. The number of amides is 6. The first-order valence-corrected chi connectivity index (χ1v) is 15.0. The molecule has 258 valence electrons. The van der Waals surface area contributed by atoms with Crippen molar-refractivity contribution < 1.29 is 43.8 Å². The number of carbonyl (C=O) groups is 7. The molecule has 0 rings (SSSR count). The Bertz CT molecular complexity index is 1040. The summed E-state index contributed by atoms with van der Waals surface area (Å²) in [5.74, 6) is -6.98. The summed E-state index contributed by atoms with van der Waals surface area (Å²) in [5.41, 5.74) is 16.5. The maximum absolute atomic E-state index is 13.5. The van der Waals surface area contributed by atoms with Gasteiger partial charge in [0.15, 0.2) is 6.04 Å². The Morgan fingerprint density at radius 2 is 1.16 bits per heavy atom. The molecule has 0 aromatic rings. The average Bonchev–Trinajstić information content (AvgIpc) is 2.91. The first kappa shape index (κ1) is 41.2. The van der Waals surface area contributed by atoms with Crippen LogP contribution in [-0.4, -0.2) is 101 Å². The first-order valence-electron chi connectivity index (χ1n) is 15.0. The second-order valence-electron chi connectivity index (χ2n) is 11.9. The highest BCUT2D eigenvalue weighted by Crippen LogP contribution is 2.10. The van der Waals surface area contributed by atoms with Crippen LogP contribution in [-0.2, 0) is 33.6 Å². The summed E-state index contributed by atoms with van der Waals surface area (Å²) in [4.78, 5) is 88.1. The molecule has 0 unspecified atom stereocenters. The Balaban J connectivity index is 6.03. The molecule has 0 aliphatic carbocycles. The van der Waals surface area contributed by atoms with E-state index < -0.39 is 96.1 Å². The number of carbonyl (C=O) groups excluding carboxylic acids is 6. The SMILES string of the molecule is CC(C)C[C@H](NC(=O)[C@H](C)N)C(=O)N[C@@H](CCCCN)C(=O)N[C@H](C(=O)N[C@@H](CC(N)=O)C(=O)N[C@H](C(=O)O)[C@@H](C)O)C(C)C. The van der Waals surface area contributed by atoms with Crippen molar-refractivity contribution in [2.75, 3.05) is 6.54 Å². The van der Waals surface area contributed by atoms with E-state index in [1.165, 1.54) is 6.92 Å². The zero-order valence-electron chi connectivity index (χ0n) is 26.9. The predicted molar refractivity (Wildman–Crippen MR) is 164 cm³/mol. The van der Waals surface area contributed by atoms with Crippen LogP contribution in [0, 0.1) is 11.8 Å². The van der Waals surface area contributed by atoms with Gasteiger partial charge in [0, 0.05) is 0 Å². The van der Waals surface area contributed by atoms with Crippen LogP contribution < -0.4 is 43.8 Å². The minimum atomic E-state index is -1.74. The fraction of sp³-hybridized carbons (Fsp3) is 0.750. The van der Waals surface area contributed by atoms with Crippen molar-refractivity contribution in [2.45, 2.75) is 116 Å². The van der Waals surface area contributed by atoms with E-state index in [1.807, 2.05) is 13.8 Å². The summed E-state index contributed by atoms with van der Waals surface area (Å²) < 4.78 is 0. The molecule has 0 aromatic heterocycles. The summed E-state index contributed by atoms with van der Waals surface area (Å²) in [6.07, 6.45) is -0.802. The molecule has 7 atom stereocenters. The first-order chi connectivity index (χ1) is 20.8. The molecule has 0 radical (unpaired) electrons. The van der Waals surface area contributed by atoms with Gasteiger partial charge in [0.25, 0.3) is 0 Å². The van der Waals surface area contributed by atoms with Gasteiger partial charge < -0.3 is 54.0 Å². The lowest BCUT2D eigenvalue weighted by atomic mass is 9.99. The van der Waals surface area contributed by atoms with E-state index >= 15 is 0 Å². The molecule has 6 amide bonds. The molecule has 0 spiro atoms. The van der Waals surface area contributed by atoms with Gasteiger partial charge in [-0.1, -0.05) is 27.7 Å². The van der Waals surface area contributed by atoms with E-state index in [2.05, 4.69) is 26.6 Å². The number of aliphatic hydroxyl groups is 1. The monoisotopic (exact) mass is 644 g/mol. The van der Waals surface area contributed by atoms with Crippen molar-refractivity contribution in [1.29, 1.82) is 0 Å². The quantitative estimate of drug-likeness (QED) is 0.0559. The Kier molecular flexibility index (Phi) is 18.5. The highest BCUT2D eigenvalue weighted by atomic mass is 16.4. The van der Waals surface area contributed by atoms with Gasteiger partial charge in [0.1, 0.15) is 24.2 Å². The number of aliphatic carboxylic acids is 1. The highest BCUT2D eigenvalue weighted by Gasteiger charge is 2.35. The summed E-state index contributed by atoms with van der Waals surface area (Å²) in [7, 11) is 0. The topological polar surface area (TPSA) is 298 Å². The summed E-state index contributed by atoms with van der Waals surface area (Å²) in [5, 5.41) is 31.2. The predicted octanol–water partition coefficient (Wildman–Crippen LogP) is -3.07. The van der Waals surface area contributed by atoms with Crippen molar-refractivity contribution in [3.63, 3.8) is 0 Å². The van der Waals surface area contributed by atoms with Crippen molar-refractivity contribution in [1.82, 2.24) is 26.6 Å². The van der Waals surface area contributed by atoms with Gasteiger partial charge in [-0.25, -0.2) is 4.79 Å². The van der Waals surface area contributed by atoms with Crippen molar-refractivity contribution in [2.24, 2.45) is 29.0 Å². The van der Waals surface area contributed by atoms with Gasteiger partial charge in [-0.15, -0.1) is 0 Å². The fourth-order valence-electron chi connectivity index (χ4n) is 4.14. The number of nitrogens with two attached hydrogens (primary N) is 3. The zero-order valence-corrected chi connectivity index (χ0v) is 26.9. The number of unbranched alkanes of at least 4 members (excludes halogenated alkanes) is 1. The van der Waals surface area contributed by atoms with Crippen LogP contribution in [0.15, 0.2) is 0 Å². The summed E-state index contributed by atoms with van der Waals surface area (Å²) in [6, 6.07) is -7.62. The lowest BCUT2D eigenvalue weighted by molar-refractivity contribution is -0.145. The standard InChI is InChI=1S/C28H52N8O9/c1-13(2)11-18(33-23(39)15(5)30)25(41)32-17(9-7-8-10-29)24(40)35-21(14(3)4)27(43)34-19(12-20(31)38)26(42)36-22(16(6)37)28(44)45/h13-19,21-22,37H,7-12,29-30H2,1-6H3,(H2,31,38)(H,32,41)(H,33,39)(H,34,43)(H,35,40)(H,36,42)(H,44,45)/t15-,16+,17-,18-,19-,21-,22-/m0/s1. The van der Waals surface area contributed by atoms with Crippen LogP contribution in [0.3, 0.4) is 0 Å².